The summed E-state index contributed by atoms with van der Waals surface area (Å²) >= 11 is 7.52. The van der Waals surface area contributed by atoms with Crippen LogP contribution in [0.5, 0.6) is 0 Å². The van der Waals surface area contributed by atoms with Crippen LogP contribution in [0.2, 0.25) is 4.34 Å². The average molecular weight is 360 g/mol. The van der Waals surface area contributed by atoms with E-state index >= 15 is 0 Å². The summed E-state index contributed by atoms with van der Waals surface area (Å²) in [6, 6.07) is 3.94. The number of nitrogens with one attached hydrogen (secondary N) is 1. The Labute approximate surface area is 145 Å². The van der Waals surface area contributed by atoms with Gasteiger partial charge in [-0.1, -0.05) is 18.5 Å². The third kappa shape index (κ3) is 4.37. The van der Waals surface area contributed by atoms with E-state index in [4.69, 9.17) is 16.8 Å². The van der Waals surface area contributed by atoms with E-state index in [-0.39, 0.29) is 18.4 Å². The molecule has 2 amide bonds. The number of hydrogen-bond donors (Lipinski definition) is 2. The number of halogens is 1. The van der Waals surface area contributed by atoms with Gasteiger partial charge in [-0.2, -0.15) is 0 Å². The first-order valence-electron chi connectivity index (χ1n) is 7.70. The molecule has 6 nitrogen and oxygen atoms in total. The Morgan fingerprint density at radius 3 is 2.74 bits per heavy atom. The molecule has 0 radical (unpaired) electrons. The van der Waals surface area contributed by atoms with Crippen molar-refractivity contribution >= 4 is 39.8 Å². The zero-order valence-corrected chi connectivity index (χ0v) is 14.9. The molecule has 1 aromatic rings. The zero-order chi connectivity index (χ0) is 17.0. The first kappa shape index (κ1) is 18.0. The summed E-state index contributed by atoms with van der Waals surface area (Å²) in [5, 5.41) is 9.76. The van der Waals surface area contributed by atoms with Crippen LogP contribution in [0, 0.1) is 5.92 Å². The Hall–Kier alpha value is -1.31. The van der Waals surface area contributed by atoms with Crippen molar-refractivity contribution in [2.24, 2.45) is 5.92 Å². The Morgan fingerprint density at radius 2 is 2.22 bits per heavy atom. The SMILES string of the molecule is CC[C@@H](CC(=O)NO)C(=O)N1CCN(c2ccc(Cl)s2)CC1C. The topological polar surface area (TPSA) is 72.9 Å². The Morgan fingerprint density at radius 1 is 1.48 bits per heavy atom. The van der Waals surface area contributed by atoms with Crippen LogP contribution in [-0.4, -0.2) is 47.6 Å². The van der Waals surface area contributed by atoms with E-state index in [0.29, 0.717) is 13.0 Å². The van der Waals surface area contributed by atoms with E-state index in [2.05, 4.69) is 4.90 Å². The second-order valence-electron chi connectivity index (χ2n) is 5.75. The number of rotatable bonds is 5. The van der Waals surface area contributed by atoms with Crippen molar-refractivity contribution in [1.29, 1.82) is 0 Å². The highest BCUT2D eigenvalue weighted by Crippen LogP contribution is 2.31. The van der Waals surface area contributed by atoms with Gasteiger partial charge in [-0.3, -0.25) is 14.8 Å². The predicted molar refractivity (Wildman–Crippen MR) is 91.0 cm³/mol. The molecule has 1 saturated heterocycles. The second-order valence-corrected chi connectivity index (χ2v) is 7.44. The lowest BCUT2D eigenvalue weighted by Gasteiger charge is -2.41. The molecule has 2 heterocycles. The van der Waals surface area contributed by atoms with Crippen molar-refractivity contribution in [1.82, 2.24) is 10.4 Å². The summed E-state index contributed by atoms with van der Waals surface area (Å²) in [6.07, 6.45) is 0.582. The lowest BCUT2D eigenvalue weighted by molar-refractivity contribution is -0.142. The standard InChI is InChI=1S/C15H22ClN3O3S/c1-3-11(8-13(20)17-22)15(21)19-7-6-18(9-10(19)2)14-5-4-12(16)23-14/h4-5,10-11,22H,3,6-9H2,1-2H3,(H,17,20)/t10?,11-/m0/s1. The highest BCUT2D eigenvalue weighted by Gasteiger charge is 2.32. The van der Waals surface area contributed by atoms with Crippen LogP contribution in [0.15, 0.2) is 12.1 Å². The number of hydrogen-bond acceptors (Lipinski definition) is 5. The first-order valence-corrected chi connectivity index (χ1v) is 8.89. The fraction of sp³-hybridized carbons (Fsp3) is 0.600. The molecule has 2 rings (SSSR count). The molecule has 0 saturated carbocycles. The van der Waals surface area contributed by atoms with E-state index in [1.54, 1.807) is 5.48 Å². The third-order valence-corrected chi connectivity index (χ3v) is 5.47. The minimum atomic E-state index is -0.523. The Bertz CT molecular complexity index is 566. The molecule has 0 spiro atoms. The summed E-state index contributed by atoms with van der Waals surface area (Å²) in [6.45, 7) is 5.99. The van der Waals surface area contributed by atoms with Crippen LogP contribution in [0.25, 0.3) is 0 Å². The van der Waals surface area contributed by atoms with Crippen molar-refractivity contribution in [3.8, 4) is 0 Å². The molecule has 2 atom stereocenters. The monoisotopic (exact) mass is 359 g/mol. The van der Waals surface area contributed by atoms with Crippen LogP contribution >= 0.6 is 22.9 Å². The van der Waals surface area contributed by atoms with E-state index in [1.807, 2.05) is 30.9 Å². The number of thiophene rings is 1. The minimum absolute atomic E-state index is 0.0132. The molecule has 8 heteroatoms. The van der Waals surface area contributed by atoms with Crippen LogP contribution < -0.4 is 10.4 Å². The lowest BCUT2D eigenvalue weighted by Crippen LogP contribution is -2.55. The molecule has 23 heavy (non-hydrogen) atoms. The highest BCUT2D eigenvalue weighted by molar-refractivity contribution is 7.19. The number of carbonyl (C=O) groups is 2. The Balaban J connectivity index is 1.99. The largest absolute Gasteiger partial charge is 0.360 e. The molecule has 1 aromatic heterocycles. The summed E-state index contributed by atoms with van der Waals surface area (Å²) in [7, 11) is 0. The predicted octanol–water partition coefficient (Wildman–Crippen LogP) is 2.36. The van der Waals surface area contributed by atoms with Crippen molar-refractivity contribution < 1.29 is 14.8 Å². The molecule has 1 aliphatic rings. The molecule has 0 aromatic carbocycles. The summed E-state index contributed by atoms with van der Waals surface area (Å²) in [4.78, 5) is 28.1. The normalized spacial score (nSPS) is 19.6. The van der Waals surface area contributed by atoms with Crippen molar-refractivity contribution in [3.63, 3.8) is 0 Å². The van der Waals surface area contributed by atoms with Crippen LogP contribution in [-0.2, 0) is 9.59 Å². The maximum Gasteiger partial charge on any atom is 0.244 e. The second kappa shape index (κ2) is 7.99. The molecule has 2 N–H and O–H groups in total. The van der Waals surface area contributed by atoms with Gasteiger partial charge < -0.3 is 9.80 Å². The molecule has 1 aliphatic heterocycles. The van der Waals surface area contributed by atoms with Gasteiger partial charge in [-0.05, 0) is 25.5 Å². The Kier molecular flexibility index (Phi) is 6.26. The van der Waals surface area contributed by atoms with Gasteiger partial charge in [0.25, 0.3) is 0 Å². The van der Waals surface area contributed by atoms with Gasteiger partial charge in [0, 0.05) is 38.0 Å². The molecular formula is C15H22ClN3O3S. The smallest absolute Gasteiger partial charge is 0.244 e. The van der Waals surface area contributed by atoms with Gasteiger partial charge in [0.2, 0.25) is 11.8 Å². The van der Waals surface area contributed by atoms with Gasteiger partial charge in [0.1, 0.15) is 0 Å². The molecule has 1 unspecified atom stereocenters. The number of piperazine rings is 1. The van der Waals surface area contributed by atoms with Crippen molar-refractivity contribution in [2.45, 2.75) is 32.7 Å². The minimum Gasteiger partial charge on any atom is -0.360 e. The number of carbonyl (C=O) groups excluding carboxylic acids is 2. The fourth-order valence-electron chi connectivity index (χ4n) is 2.87. The number of amides is 2. The van der Waals surface area contributed by atoms with E-state index < -0.39 is 11.8 Å². The summed E-state index contributed by atoms with van der Waals surface area (Å²) < 4.78 is 0.757. The van der Waals surface area contributed by atoms with Crippen molar-refractivity contribution in [2.75, 3.05) is 24.5 Å². The molecular weight excluding hydrogens is 338 g/mol. The van der Waals surface area contributed by atoms with Gasteiger partial charge in [-0.25, -0.2) is 5.48 Å². The maximum absolute atomic E-state index is 12.7. The molecule has 128 valence electrons. The average Bonchev–Trinajstić information content (AvgIpc) is 2.98. The number of nitrogens with zero attached hydrogens (tertiary/aromatic N) is 2. The van der Waals surface area contributed by atoms with Crippen LogP contribution in [0.1, 0.15) is 26.7 Å². The van der Waals surface area contributed by atoms with Gasteiger partial charge in [-0.15, -0.1) is 11.3 Å². The van der Waals surface area contributed by atoms with Gasteiger partial charge in [0.15, 0.2) is 0 Å². The molecule has 1 fully saturated rings. The van der Waals surface area contributed by atoms with E-state index in [0.717, 1.165) is 22.4 Å². The summed E-state index contributed by atoms with van der Waals surface area (Å²) in [5.41, 5.74) is 1.60. The lowest BCUT2D eigenvalue weighted by atomic mass is 9.98. The van der Waals surface area contributed by atoms with E-state index in [9.17, 15) is 9.59 Å². The number of hydroxylamine groups is 1. The number of anilines is 1. The first-order chi connectivity index (χ1) is 11.0. The van der Waals surface area contributed by atoms with E-state index in [1.165, 1.54) is 11.3 Å². The molecule has 0 aliphatic carbocycles. The highest BCUT2D eigenvalue weighted by atomic mass is 35.5. The molecule has 0 bridgehead atoms. The van der Waals surface area contributed by atoms with Gasteiger partial charge in [0.05, 0.1) is 9.34 Å². The fourth-order valence-corrected chi connectivity index (χ4v) is 3.94. The van der Waals surface area contributed by atoms with Crippen molar-refractivity contribution in [3.05, 3.63) is 16.5 Å². The van der Waals surface area contributed by atoms with Crippen LogP contribution in [0.4, 0.5) is 5.00 Å². The zero-order valence-electron chi connectivity index (χ0n) is 13.3. The maximum atomic E-state index is 12.7. The quantitative estimate of drug-likeness (QED) is 0.625. The third-order valence-electron chi connectivity index (χ3n) is 4.18. The van der Waals surface area contributed by atoms with Gasteiger partial charge >= 0.3 is 0 Å². The summed E-state index contributed by atoms with van der Waals surface area (Å²) in [5.74, 6) is -0.940. The van der Waals surface area contributed by atoms with Crippen LogP contribution in [0.3, 0.4) is 0 Å².